The van der Waals surface area contributed by atoms with Gasteiger partial charge in [-0.1, -0.05) is 6.92 Å². The zero-order chi connectivity index (χ0) is 11.0. The first kappa shape index (κ1) is 10.6. The van der Waals surface area contributed by atoms with Crippen molar-refractivity contribution in [2.75, 3.05) is 6.26 Å². The molecule has 0 heterocycles. The number of hydrogen-bond acceptors (Lipinski definition) is 2. The Morgan fingerprint density at radius 2 is 2.07 bits per heavy atom. The summed E-state index contributed by atoms with van der Waals surface area (Å²) in [4.78, 5) is 12.5. The fourth-order valence-electron chi connectivity index (χ4n) is 2.06. The number of fused-ring (bicyclic) bond motifs is 1. The standard InChI is InChI=1S/C12H14O2S/c1-8-5-9-7-10(15(2)14)3-4-11(9)12(13)6-8/h3-4,7-8H,5-6H2,1-2H3. The van der Waals surface area contributed by atoms with E-state index < -0.39 is 10.8 Å². The lowest BCUT2D eigenvalue weighted by molar-refractivity contribution is 0.0953. The summed E-state index contributed by atoms with van der Waals surface area (Å²) >= 11 is 0. The molecule has 1 aromatic carbocycles. The quantitative estimate of drug-likeness (QED) is 0.730. The Morgan fingerprint density at radius 3 is 2.73 bits per heavy atom. The summed E-state index contributed by atoms with van der Waals surface area (Å²) < 4.78 is 11.3. The molecule has 0 aliphatic heterocycles. The third-order valence-corrected chi connectivity index (χ3v) is 3.73. The van der Waals surface area contributed by atoms with Crippen LogP contribution in [0.1, 0.15) is 29.3 Å². The maximum atomic E-state index is 11.7. The summed E-state index contributed by atoms with van der Waals surface area (Å²) in [5.74, 6) is 0.628. The first-order valence-electron chi connectivity index (χ1n) is 5.07. The molecule has 2 nitrogen and oxygen atoms in total. The second-order valence-electron chi connectivity index (χ2n) is 4.21. The van der Waals surface area contributed by atoms with E-state index in [1.807, 2.05) is 12.1 Å². The molecule has 3 heteroatoms. The van der Waals surface area contributed by atoms with E-state index >= 15 is 0 Å². The summed E-state index contributed by atoms with van der Waals surface area (Å²) in [5, 5.41) is 0. The van der Waals surface area contributed by atoms with Crippen molar-refractivity contribution in [3.63, 3.8) is 0 Å². The number of carbonyl (C=O) groups excluding carboxylic acids is 1. The zero-order valence-electron chi connectivity index (χ0n) is 8.95. The summed E-state index contributed by atoms with van der Waals surface area (Å²) in [7, 11) is -0.961. The van der Waals surface area contributed by atoms with Crippen LogP contribution in [-0.4, -0.2) is 16.2 Å². The normalized spacial score (nSPS) is 22.3. The van der Waals surface area contributed by atoms with E-state index in [4.69, 9.17) is 0 Å². The Morgan fingerprint density at radius 1 is 1.33 bits per heavy atom. The van der Waals surface area contributed by atoms with Crippen molar-refractivity contribution < 1.29 is 9.00 Å². The molecule has 0 saturated carbocycles. The SMILES string of the molecule is CC1CC(=O)c2ccc(S(C)=O)cc2C1. The van der Waals surface area contributed by atoms with Gasteiger partial charge in [-0.25, -0.2) is 0 Å². The van der Waals surface area contributed by atoms with Gasteiger partial charge in [0.1, 0.15) is 0 Å². The van der Waals surface area contributed by atoms with Crippen LogP contribution in [-0.2, 0) is 17.2 Å². The highest BCUT2D eigenvalue weighted by atomic mass is 32.2. The smallest absolute Gasteiger partial charge is 0.163 e. The van der Waals surface area contributed by atoms with E-state index in [-0.39, 0.29) is 5.78 Å². The predicted molar refractivity (Wildman–Crippen MR) is 60.6 cm³/mol. The maximum Gasteiger partial charge on any atom is 0.163 e. The lowest BCUT2D eigenvalue weighted by Crippen LogP contribution is -2.18. The fourth-order valence-corrected chi connectivity index (χ4v) is 2.63. The van der Waals surface area contributed by atoms with Crippen LogP contribution in [0.15, 0.2) is 23.1 Å². The van der Waals surface area contributed by atoms with E-state index in [1.165, 1.54) is 0 Å². The van der Waals surface area contributed by atoms with Gasteiger partial charge in [0.15, 0.2) is 5.78 Å². The van der Waals surface area contributed by atoms with Crippen LogP contribution < -0.4 is 0 Å². The highest BCUT2D eigenvalue weighted by Gasteiger charge is 2.22. The monoisotopic (exact) mass is 222 g/mol. The largest absolute Gasteiger partial charge is 0.294 e. The van der Waals surface area contributed by atoms with Crippen LogP contribution in [0.25, 0.3) is 0 Å². The minimum Gasteiger partial charge on any atom is -0.294 e. The zero-order valence-corrected chi connectivity index (χ0v) is 9.76. The molecule has 2 unspecified atom stereocenters. The number of hydrogen-bond donors (Lipinski definition) is 0. The van der Waals surface area contributed by atoms with Gasteiger partial charge in [0, 0.05) is 33.9 Å². The molecule has 0 bridgehead atoms. The first-order valence-corrected chi connectivity index (χ1v) is 6.63. The van der Waals surface area contributed by atoms with Crippen molar-refractivity contribution in [1.82, 2.24) is 0 Å². The molecular weight excluding hydrogens is 208 g/mol. The number of carbonyl (C=O) groups is 1. The molecule has 2 rings (SSSR count). The molecule has 0 radical (unpaired) electrons. The number of ketones is 1. The molecule has 0 aromatic heterocycles. The number of benzene rings is 1. The summed E-state index contributed by atoms with van der Waals surface area (Å²) in [6, 6.07) is 5.53. The lowest BCUT2D eigenvalue weighted by Gasteiger charge is -2.20. The van der Waals surface area contributed by atoms with Crippen LogP contribution in [0, 0.1) is 5.92 Å². The van der Waals surface area contributed by atoms with E-state index in [0.717, 1.165) is 22.4 Å². The third-order valence-electron chi connectivity index (χ3n) is 2.81. The Labute approximate surface area is 92.2 Å². The third kappa shape index (κ3) is 2.02. The molecule has 80 valence electrons. The molecule has 0 fully saturated rings. The first-order chi connectivity index (χ1) is 7.08. The maximum absolute atomic E-state index is 11.7. The molecule has 0 saturated heterocycles. The Balaban J connectivity index is 2.48. The van der Waals surface area contributed by atoms with Gasteiger partial charge in [-0.2, -0.15) is 0 Å². The second kappa shape index (κ2) is 3.89. The van der Waals surface area contributed by atoms with Crippen molar-refractivity contribution >= 4 is 16.6 Å². The molecule has 1 aliphatic rings. The fraction of sp³-hybridized carbons (Fsp3) is 0.417. The minimum absolute atomic E-state index is 0.220. The molecular formula is C12H14O2S. The van der Waals surface area contributed by atoms with Crippen LogP contribution >= 0.6 is 0 Å². The summed E-state index contributed by atoms with van der Waals surface area (Å²) in [6.45, 7) is 2.08. The molecule has 0 spiro atoms. The van der Waals surface area contributed by atoms with E-state index in [2.05, 4.69) is 6.92 Å². The van der Waals surface area contributed by atoms with Crippen molar-refractivity contribution in [3.8, 4) is 0 Å². The van der Waals surface area contributed by atoms with Gasteiger partial charge in [-0.3, -0.25) is 9.00 Å². The van der Waals surface area contributed by atoms with Gasteiger partial charge in [0.05, 0.1) is 0 Å². The van der Waals surface area contributed by atoms with Crippen LogP contribution in [0.2, 0.25) is 0 Å². The van der Waals surface area contributed by atoms with Gasteiger partial charge >= 0.3 is 0 Å². The van der Waals surface area contributed by atoms with Gasteiger partial charge in [0.25, 0.3) is 0 Å². The topological polar surface area (TPSA) is 34.1 Å². The van der Waals surface area contributed by atoms with Crippen LogP contribution in [0.4, 0.5) is 0 Å². The highest BCUT2D eigenvalue weighted by Crippen LogP contribution is 2.26. The molecule has 1 aromatic rings. The van der Waals surface area contributed by atoms with Gasteiger partial charge in [-0.15, -0.1) is 0 Å². The average Bonchev–Trinajstić information content (AvgIpc) is 2.16. The molecule has 0 amide bonds. The van der Waals surface area contributed by atoms with Crippen molar-refractivity contribution in [2.24, 2.45) is 5.92 Å². The Hall–Kier alpha value is -0.960. The highest BCUT2D eigenvalue weighted by molar-refractivity contribution is 7.84. The van der Waals surface area contributed by atoms with E-state index in [1.54, 1.807) is 12.3 Å². The summed E-state index contributed by atoms with van der Waals surface area (Å²) in [6.07, 6.45) is 3.23. The van der Waals surface area contributed by atoms with Crippen molar-refractivity contribution in [1.29, 1.82) is 0 Å². The van der Waals surface area contributed by atoms with Crippen molar-refractivity contribution in [2.45, 2.75) is 24.7 Å². The molecule has 15 heavy (non-hydrogen) atoms. The molecule has 2 atom stereocenters. The van der Waals surface area contributed by atoms with Crippen LogP contribution in [0.5, 0.6) is 0 Å². The molecule has 0 N–H and O–H groups in total. The predicted octanol–water partition coefficient (Wildman–Crippen LogP) is 2.19. The van der Waals surface area contributed by atoms with Crippen LogP contribution in [0.3, 0.4) is 0 Å². The molecule has 1 aliphatic carbocycles. The Kier molecular flexibility index (Phi) is 2.74. The second-order valence-corrected chi connectivity index (χ2v) is 5.59. The Bertz CT molecular complexity index is 437. The number of Topliss-reactive ketones (excluding diaryl/α,β-unsaturated/α-hetero) is 1. The average molecular weight is 222 g/mol. The van der Waals surface area contributed by atoms with Gasteiger partial charge in [0.2, 0.25) is 0 Å². The van der Waals surface area contributed by atoms with Crippen molar-refractivity contribution in [3.05, 3.63) is 29.3 Å². The van der Waals surface area contributed by atoms with E-state index in [0.29, 0.717) is 12.3 Å². The summed E-state index contributed by atoms with van der Waals surface area (Å²) in [5.41, 5.74) is 1.88. The minimum atomic E-state index is -0.961. The number of rotatable bonds is 1. The van der Waals surface area contributed by atoms with Gasteiger partial charge in [-0.05, 0) is 36.1 Å². The van der Waals surface area contributed by atoms with Gasteiger partial charge < -0.3 is 0 Å². The van der Waals surface area contributed by atoms with E-state index in [9.17, 15) is 9.00 Å². The lowest BCUT2D eigenvalue weighted by atomic mass is 9.84.